The molecule has 2 atom stereocenters. The number of aliphatic hydroxyl groups is 1. The number of aliphatic hydroxyl groups excluding tert-OH is 1. The van der Waals surface area contributed by atoms with E-state index in [0.29, 0.717) is 13.2 Å². The Morgan fingerprint density at radius 2 is 2.05 bits per heavy atom. The molecule has 21 heavy (non-hydrogen) atoms. The minimum atomic E-state index is -0.283. The topological polar surface area (TPSA) is 45.2 Å². The summed E-state index contributed by atoms with van der Waals surface area (Å²) in [6.45, 7) is 5.00. The first-order chi connectivity index (χ1) is 10.0. The SMILES string of the molecule is COc1cc(C)ccc1OCCN1C[C@@H](O)[C@H](N(C)C)C1. The molecule has 0 aliphatic carbocycles. The highest BCUT2D eigenvalue weighted by molar-refractivity contribution is 5.42. The number of β-amino-alcohol motifs (C(OH)–C–C–N with tert-alkyl or cyclic N) is 1. The van der Waals surface area contributed by atoms with Crippen LogP contribution in [0.15, 0.2) is 18.2 Å². The van der Waals surface area contributed by atoms with Gasteiger partial charge in [-0.1, -0.05) is 6.07 Å². The van der Waals surface area contributed by atoms with Crippen LogP contribution < -0.4 is 9.47 Å². The number of aryl methyl sites for hydroxylation is 1. The van der Waals surface area contributed by atoms with E-state index in [1.54, 1.807) is 7.11 Å². The van der Waals surface area contributed by atoms with Crippen LogP contribution in [0.1, 0.15) is 5.56 Å². The molecule has 0 aromatic heterocycles. The van der Waals surface area contributed by atoms with Crippen molar-refractivity contribution in [2.24, 2.45) is 0 Å². The van der Waals surface area contributed by atoms with Crippen LogP contribution in [0.4, 0.5) is 0 Å². The monoisotopic (exact) mass is 294 g/mol. The molecule has 118 valence electrons. The number of hydrogen-bond donors (Lipinski definition) is 1. The second kappa shape index (κ2) is 7.11. The molecule has 0 spiro atoms. The molecule has 1 fully saturated rings. The van der Waals surface area contributed by atoms with Crippen molar-refractivity contribution in [3.63, 3.8) is 0 Å². The summed E-state index contributed by atoms with van der Waals surface area (Å²) < 4.78 is 11.1. The minimum Gasteiger partial charge on any atom is -0.493 e. The summed E-state index contributed by atoms with van der Waals surface area (Å²) in [4.78, 5) is 4.31. The standard InChI is InChI=1S/C16H26N2O3/c1-12-5-6-15(16(9-12)20-4)21-8-7-18-10-13(17(2)3)14(19)11-18/h5-6,9,13-14,19H,7-8,10-11H2,1-4H3/t13-,14-/m1/s1. The predicted octanol–water partition coefficient (Wildman–Crippen LogP) is 0.989. The van der Waals surface area contributed by atoms with Gasteiger partial charge in [0.05, 0.1) is 13.2 Å². The predicted molar refractivity (Wildman–Crippen MR) is 83.1 cm³/mol. The quantitative estimate of drug-likeness (QED) is 0.848. The van der Waals surface area contributed by atoms with Gasteiger partial charge in [0.15, 0.2) is 11.5 Å². The van der Waals surface area contributed by atoms with E-state index in [2.05, 4.69) is 9.80 Å². The Morgan fingerprint density at radius 3 is 2.67 bits per heavy atom. The average molecular weight is 294 g/mol. The molecule has 0 amide bonds. The molecule has 1 aliphatic rings. The van der Waals surface area contributed by atoms with Crippen molar-refractivity contribution in [3.05, 3.63) is 23.8 Å². The lowest BCUT2D eigenvalue weighted by atomic mass is 10.2. The van der Waals surface area contributed by atoms with Crippen LogP contribution in [0.25, 0.3) is 0 Å². The van der Waals surface area contributed by atoms with E-state index in [9.17, 15) is 5.11 Å². The highest BCUT2D eigenvalue weighted by Crippen LogP contribution is 2.27. The summed E-state index contributed by atoms with van der Waals surface area (Å²) in [7, 11) is 5.66. The smallest absolute Gasteiger partial charge is 0.161 e. The van der Waals surface area contributed by atoms with E-state index in [1.165, 1.54) is 0 Å². The minimum absolute atomic E-state index is 0.207. The Labute approximate surface area is 127 Å². The zero-order valence-corrected chi connectivity index (χ0v) is 13.4. The Hall–Kier alpha value is -1.30. The Balaban J connectivity index is 1.83. The number of likely N-dealkylation sites (tertiary alicyclic amines) is 1. The fourth-order valence-electron chi connectivity index (χ4n) is 2.72. The van der Waals surface area contributed by atoms with Crippen molar-refractivity contribution >= 4 is 0 Å². The van der Waals surface area contributed by atoms with Crippen LogP contribution in [0, 0.1) is 6.92 Å². The maximum absolute atomic E-state index is 10.0. The number of hydrogen-bond acceptors (Lipinski definition) is 5. The van der Waals surface area contributed by atoms with Crippen LogP contribution in [0.5, 0.6) is 11.5 Å². The molecule has 5 heteroatoms. The van der Waals surface area contributed by atoms with Crippen molar-refractivity contribution in [2.75, 3.05) is 47.4 Å². The zero-order chi connectivity index (χ0) is 15.4. The fraction of sp³-hybridized carbons (Fsp3) is 0.625. The molecule has 2 rings (SSSR count). The second-order valence-electron chi connectivity index (χ2n) is 5.86. The first-order valence-electron chi connectivity index (χ1n) is 7.35. The second-order valence-corrected chi connectivity index (χ2v) is 5.86. The number of nitrogens with zero attached hydrogens (tertiary/aromatic N) is 2. The average Bonchev–Trinajstić information content (AvgIpc) is 2.81. The lowest BCUT2D eigenvalue weighted by Crippen LogP contribution is -2.38. The van der Waals surface area contributed by atoms with E-state index in [1.807, 2.05) is 39.2 Å². The third-order valence-electron chi connectivity index (χ3n) is 3.98. The summed E-state index contributed by atoms with van der Waals surface area (Å²) in [6.07, 6.45) is -0.283. The molecule has 0 bridgehead atoms. The van der Waals surface area contributed by atoms with Gasteiger partial charge >= 0.3 is 0 Å². The van der Waals surface area contributed by atoms with Crippen molar-refractivity contribution < 1.29 is 14.6 Å². The fourth-order valence-corrected chi connectivity index (χ4v) is 2.72. The third kappa shape index (κ3) is 4.09. The molecule has 0 unspecified atom stereocenters. The van der Waals surface area contributed by atoms with Gasteiger partial charge in [-0.05, 0) is 38.7 Å². The molecule has 1 heterocycles. The van der Waals surface area contributed by atoms with Crippen molar-refractivity contribution in [1.29, 1.82) is 0 Å². The van der Waals surface area contributed by atoms with Gasteiger partial charge in [0, 0.05) is 25.7 Å². The Morgan fingerprint density at radius 1 is 1.29 bits per heavy atom. The van der Waals surface area contributed by atoms with E-state index in [4.69, 9.17) is 9.47 Å². The van der Waals surface area contributed by atoms with Gasteiger partial charge in [-0.15, -0.1) is 0 Å². The first-order valence-corrected chi connectivity index (χ1v) is 7.35. The zero-order valence-electron chi connectivity index (χ0n) is 13.4. The molecule has 0 radical (unpaired) electrons. The number of rotatable bonds is 6. The summed E-state index contributed by atoms with van der Waals surface area (Å²) in [5.74, 6) is 1.54. The molecule has 0 saturated carbocycles. The van der Waals surface area contributed by atoms with Gasteiger partial charge in [0.1, 0.15) is 6.61 Å². The number of benzene rings is 1. The van der Waals surface area contributed by atoms with Crippen molar-refractivity contribution in [1.82, 2.24) is 9.80 Å². The van der Waals surface area contributed by atoms with E-state index in [-0.39, 0.29) is 12.1 Å². The summed E-state index contributed by atoms with van der Waals surface area (Å²) in [5, 5.41) is 10.0. The van der Waals surface area contributed by atoms with Crippen LogP contribution in [-0.4, -0.2) is 74.5 Å². The lowest BCUT2D eigenvalue weighted by Gasteiger charge is -2.21. The van der Waals surface area contributed by atoms with Gasteiger partial charge in [-0.3, -0.25) is 4.90 Å². The van der Waals surface area contributed by atoms with E-state index >= 15 is 0 Å². The van der Waals surface area contributed by atoms with Crippen LogP contribution >= 0.6 is 0 Å². The molecular weight excluding hydrogens is 268 g/mol. The molecule has 1 aliphatic heterocycles. The van der Waals surface area contributed by atoms with Crippen molar-refractivity contribution in [3.8, 4) is 11.5 Å². The van der Waals surface area contributed by atoms with Gasteiger partial charge in [-0.2, -0.15) is 0 Å². The maximum atomic E-state index is 10.0. The van der Waals surface area contributed by atoms with Gasteiger partial charge < -0.3 is 19.5 Å². The van der Waals surface area contributed by atoms with Crippen molar-refractivity contribution in [2.45, 2.75) is 19.1 Å². The highest BCUT2D eigenvalue weighted by Gasteiger charge is 2.32. The molecular formula is C16H26N2O3. The Kier molecular flexibility index (Phi) is 5.45. The summed E-state index contributed by atoms with van der Waals surface area (Å²) in [5.41, 5.74) is 1.15. The molecule has 1 aromatic carbocycles. The molecule has 1 aromatic rings. The third-order valence-corrected chi connectivity index (χ3v) is 3.98. The molecule has 5 nitrogen and oxygen atoms in total. The molecule has 1 N–H and O–H groups in total. The van der Waals surface area contributed by atoms with Gasteiger partial charge in [0.2, 0.25) is 0 Å². The maximum Gasteiger partial charge on any atom is 0.161 e. The first kappa shape index (κ1) is 16.1. The largest absolute Gasteiger partial charge is 0.493 e. The van der Waals surface area contributed by atoms with Crippen LogP contribution in [0.3, 0.4) is 0 Å². The van der Waals surface area contributed by atoms with Crippen LogP contribution in [-0.2, 0) is 0 Å². The normalized spacial score (nSPS) is 22.8. The van der Waals surface area contributed by atoms with Gasteiger partial charge in [-0.25, -0.2) is 0 Å². The number of ether oxygens (including phenoxy) is 2. The summed E-state index contributed by atoms with van der Waals surface area (Å²) in [6, 6.07) is 6.13. The van der Waals surface area contributed by atoms with Crippen LogP contribution in [0.2, 0.25) is 0 Å². The van der Waals surface area contributed by atoms with E-state index < -0.39 is 0 Å². The summed E-state index contributed by atoms with van der Waals surface area (Å²) >= 11 is 0. The lowest BCUT2D eigenvalue weighted by molar-refractivity contribution is 0.112. The Bertz CT molecular complexity index is 465. The number of methoxy groups -OCH3 is 1. The van der Waals surface area contributed by atoms with E-state index in [0.717, 1.165) is 30.2 Å². The highest BCUT2D eigenvalue weighted by atomic mass is 16.5. The molecule has 1 saturated heterocycles. The number of likely N-dealkylation sites (N-methyl/N-ethyl adjacent to an activating group) is 1. The van der Waals surface area contributed by atoms with Gasteiger partial charge in [0.25, 0.3) is 0 Å².